The van der Waals surface area contributed by atoms with E-state index in [4.69, 9.17) is 4.74 Å². The molecule has 0 aliphatic carbocycles. The minimum Gasteiger partial charge on any atom is -0.494 e. The van der Waals surface area contributed by atoms with Crippen molar-refractivity contribution in [2.45, 2.75) is 0 Å². The number of benzene rings is 1. The van der Waals surface area contributed by atoms with E-state index in [1.807, 2.05) is 19.0 Å². The second-order valence-electron chi connectivity index (χ2n) is 3.98. The molecule has 0 amide bonds. The molecule has 0 unspecified atom stereocenters. The van der Waals surface area contributed by atoms with E-state index in [1.54, 1.807) is 12.1 Å². The number of nitrogens with zero attached hydrogens (tertiary/aromatic N) is 2. The third kappa shape index (κ3) is 2.20. The van der Waals surface area contributed by atoms with Gasteiger partial charge in [-0.2, -0.15) is 5.10 Å². The maximum absolute atomic E-state index is 13.6. The van der Waals surface area contributed by atoms with Crippen molar-refractivity contribution < 1.29 is 9.13 Å². The standard InChI is InChI=1S/C12H13BrFN3O/c1-17(2)12-10(13)11(15-16-12)7-4-5-9(18-3)8(14)6-7/h4-6H,1-3H3,(H,15,16). The van der Waals surface area contributed by atoms with Crippen LogP contribution in [0, 0.1) is 5.82 Å². The van der Waals surface area contributed by atoms with Gasteiger partial charge in [0.15, 0.2) is 17.4 Å². The highest BCUT2D eigenvalue weighted by Gasteiger charge is 2.15. The fourth-order valence-electron chi connectivity index (χ4n) is 1.63. The van der Waals surface area contributed by atoms with E-state index >= 15 is 0 Å². The Balaban J connectivity index is 2.46. The first-order chi connectivity index (χ1) is 8.54. The predicted octanol–water partition coefficient (Wildman–Crippen LogP) is 3.05. The Bertz CT molecular complexity index is 568. The summed E-state index contributed by atoms with van der Waals surface area (Å²) in [5.74, 6) is 0.589. The summed E-state index contributed by atoms with van der Waals surface area (Å²) in [6.45, 7) is 0. The van der Waals surface area contributed by atoms with E-state index < -0.39 is 5.82 Å². The number of anilines is 1. The van der Waals surface area contributed by atoms with Gasteiger partial charge < -0.3 is 9.64 Å². The van der Waals surface area contributed by atoms with Crippen molar-refractivity contribution in [2.75, 3.05) is 26.1 Å². The number of hydrogen-bond donors (Lipinski definition) is 1. The van der Waals surface area contributed by atoms with E-state index in [0.717, 1.165) is 16.0 Å². The van der Waals surface area contributed by atoms with E-state index in [-0.39, 0.29) is 5.75 Å². The van der Waals surface area contributed by atoms with Crippen LogP contribution in [0.25, 0.3) is 11.3 Å². The first kappa shape index (κ1) is 12.9. The van der Waals surface area contributed by atoms with E-state index in [1.165, 1.54) is 13.2 Å². The highest BCUT2D eigenvalue weighted by molar-refractivity contribution is 9.10. The number of methoxy groups -OCH3 is 1. The van der Waals surface area contributed by atoms with Gasteiger partial charge in [0.2, 0.25) is 0 Å². The summed E-state index contributed by atoms with van der Waals surface area (Å²) in [4.78, 5) is 1.87. The normalized spacial score (nSPS) is 10.5. The van der Waals surface area contributed by atoms with Crippen LogP contribution in [0.4, 0.5) is 10.2 Å². The molecule has 0 spiro atoms. The third-order valence-corrected chi connectivity index (χ3v) is 3.30. The molecular weight excluding hydrogens is 301 g/mol. The van der Waals surface area contributed by atoms with Crippen LogP contribution in [0.3, 0.4) is 0 Å². The first-order valence-corrected chi connectivity index (χ1v) is 6.09. The summed E-state index contributed by atoms with van der Waals surface area (Å²) < 4.78 is 19.3. The summed E-state index contributed by atoms with van der Waals surface area (Å²) in [7, 11) is 5.22. The summed E-state index contributed by atoms with van der Waals surface area (Å²) in [6, 6.07) is 4.78. The molecule has 2 rings (SSSR count). The number of rotatable bonds is 3. The molecule has 1 aromatic carbocycles. The summed E-state index contributed by atoms with van der Waals surface area (Å²) in [6.07, 6.45) is 0. The van der Waals surface area contributed by atoms with Gasteiger partial charge in [-0.15, -0.1) is 0 Å². The Hall–Kier alpha value is -1.56. The summed E-state index contributed by atoms with van der Waals surface area (Å²) >= 11 is 3.46. The predicted molar refractivity (Wildman–Crippen MR) is 72.6 cm³/mol. The number of aromatic amines is 1. The number of halogens is 2. The lowest BCUT2D eigenvalue weighted by Gasteiger charge is -2.08. The van der Waals surface area contributed by atoms with Crippen LogP contribution in [-0.2, 0) is 0 Å². The van der Waals surface area contributed by atoms with E-state index in [2.05, 4.69) is 26.1 Å². The zero-order valence-corrected chi connectivity index (χ0v) is 11.9. The molecule has 96 valence electrons. The van der Waals surface area contributed by atoms with Gasteiger partial charge in [0.25, 0.3) is 0 Å². The van der Waals surface area contributed by atoms with Gasteiger partial charge in [-0.05, 0) is 34.1 Å². The zero-order valence-electron chi connectivity index (χ0n) is 10.3. The lowest BCUT2D eigenvalue weighted by atomic mass is 10.1. The molecule has 1 heterocycles. The Labute approximate surface area is 113 Å². The average molecular weight is 314 g/mol. The topological polar surface area (TPSA) is 41.1 Å². The molecule has 0 aliphatic heterocycles. The van der Waals surface area contributed by atoms with Gasteiger partial charge >= 0.3 is 0 Å². The third-order valence-electron chi connectivity index (χ3n) is 2.55. The van der Waals surface area contributed by atoms with Crippen LogP contribution in [0.15, 0.2) is 22.7 Å². The molecule has 2 aromatic rings. The minimum absolute atomic E-state index is 0.224. The van der Waals surface area contributed by atoms with Crippen molar-refractivity contribution >= 4 is 21.7 Å². The van der Waals surface area contributed by atoms with Gasteiger partial charge in [0.1, 0.15) is 0 Å². The van der Waals surface area contributed by atoms with Gasteiger partial charge in [-0.3, -0.25) is 5.10 Å². The molecule has 0 saturated carbocycles. The molecule has 6 heteroatoms. The highest BCUT2D eigenvalue weighted by atomic mass is 79.9. The molecule has 0 saturated heterocycles. The number of aromatic nitrogens is 2. The minimum atomic E-state index is -0.400. The monoisotopic (exact) mass is 313 g/mol. The Morgan fingerprint density at radius 1 is 1.39 bits per heavy atom. The molecule has 1 aromatic heterocycles. The lowest BCUT2D eigenvalue weighted by molar-refractivity contribution is 0.386. The van der Waals surface area contributed by atoms with E-state index in [9.17, 15) is 4.39 Å². The number of ether oxygens (including phenoxy) is 1. The Kier molecular flexibility index (Phi) is 3.56. The van der Waals surface area contributed by atoms with E-state index in [0.29, 0.717) is 5.56 Å². The summed E-state index contributed by atoms with van der Waals surface area (Å²) in [5, 5.41) is 7.05. The fraction of sp³-hybridized carbons (Fsp3) is 0.250. The van der Waals surface area contributed by atoms with Gasteiger partial charge in [0.05, 0.1) is 17.3 Å². The van der Waals surface area contributed by atoms with Crippen LogP contribution in [0.5, 0.6) is 5.75 Å². The van der Waals surface area contributed by atoms with Crippen LogP contribution in [-0.4, -0.2) is 31.4 Å². The van der Waals surface area contributed by atoms with Crippen molar-refractivity contribution in [3.63, 3.8) is 0 Å². The largest absolute Gasteiger partial charge is 0.494 e. The SMILES string of the molecule is COc1ccc(-c2[nH]nc(N(C)C)c2Br)cc1F. The van der Waals surface area contributed by atoms with Gasteiger partial charge in [-0.25, -0.2) is 4.39 Å². The second-order valence-corrected chi connectivity index (χ2v) is 4.77. The van der Waals surface area contributed by atoms with Crippen LogP contribution >= 0.6 is 15.9 Å². The van der Waals surface area contributed by atoms with Crippen molar-refractivity contribution in [1.82, 2.24) is 10.2 Å². The molecule has 4 nitrogen and oxygen atoms in total. The molecule has 18 heavy (non-hydrogen) atoms. The van der Waals surface area contributed by atoms with Gasteiger partial charge in [0, 0.05) is 19.7 Å². The molecule has 0 aliphatic rings. The molecule has 0 bridgehead atoms. The lowest BCUT2D eigenvalue weighted by Crippen LogP contribution is -2.09. The zero-order chi connectivity index (χ0) is 13.3. The molecule has 0 atom stereocenters. The van der Waals surface area contributed by atoms with Crippen LogP contribution in [0.2, 0.25) is 0 Å². The van der Waals surface area contributed by atoms with Crippen LogP contribution < -0.4 is 9.64 Å². The molecule has 0 radical (unpaired) electrons. The highest BCUT2D eigenvalue weighted by Crippen LogP contribution is 2.34. The number of hydrogen-bond acceptors (Lipinski definition) is 3. The maximum atomic E-state index is 13.6. The van der Waals surface area contributed by atoms with Crippen LogP contribution in [0.1, 0.15) is 0 Å². The summed E-state index contributed by atoms with van der Waals surface area (Å²) in [5.41, 5.74) is 1.45. The quantitative estimate of drug-likeness (QED) is 0.947. The Morgan fingerprint density at radius 2 is 2.11 bits per heavy atom. The molecule has 1 N–H and O–H groups in total. The van der Waals surface area contributed by atoms with Gasteiger partial charge in [-0.1, -0.05) is 0 Å². The molecular formula is C12H13BrFN3O. The molecule has 0 fully saturated rings. The van der Waals surface area contributed by atoms with Crippen molar-refractivity contribution in [2.24, 2.45) is 0 Å². The fourth-order valence-corrected chi connectivity index (χ4v) is 2.39. The number of nitrogens with one attached hydrogen (secondary N) is 1. The first-order valence-electron chi connectivity index (χ1n) is 5.29. The van der Waals surface area contributed by atoms with Crippen molar-refractivity contribution in [1.29, 1.82) is 0 Å². The number of H-pyrrole nitrogens is 1. The second kappa shape index (κ2) is 4.97. The Morgan fingerprint density at radius 3 is 2.61 bits per heavy atom. The van der Waals surface area contributed by atoms with Crippen molar-refractivity contribution in [3.8, 4) is 17.0 Å². The smallest absolute Gasteiger partial charge is 0.165 e. The average Bonchev–Trinajstić information content (AvgIpc) is 2.71. The maximum Gasteiger partial charge on any atom is 0.165 e. The van der Waals surface area contributed by atoms with Crippen molar-refractivity contribution in [3.05, 3.63) is 28.5 Å².